The second kappa shape index (κ2) is 6.42. The van der Waals surface area contributed by atoms with Crippen LogP contribution in [-0.4, -0.2) is 5.78 Å². The van der Waals surface area contributed by atoms with Crippen LogP contribution in [0.4, 0.5) is 0 Å². The Balaban J connectivity index is 0.00000144. The average Bonchev–Trinajstić information content (AvgIpc) is 2.65. The summed E-state index contributed by atoms with van der Waals surface area (Å²) in [5.74, 6) is 0.135. The van der Waals surface area contributed by atoms with E-state index in [1.165, 1.54) is 4.88 Å². The van der Waals surface area contributed by atoms with Gasteiger partial charge in [0, 0.05) is 10.0 Å². The second-order valence-corrected chi connectivity index (χ2v) is 5.57. The average molecular weight is 377 g/mol. The van der Waals surface area contributed by atoms with Crippen molar-refractivity contribution in [1.82, 2.24) is 0 Å². The Bertz CT molecular complexity index is 507. The summed E-state index contributed by atoms with van der Waals surface area (Å²) in [6, 6.07) is 7.45. The van der Waals surface area contributed by atoms with Crippen LogP contribution < -0.4 is 21.5 Å². The number of nitrogens with zero attached hydrogens (tertiary/aromatic N) is 1. The predicted molar refractivity (Wildman–Crippen MR) is 67.7 cm³/mol. The molecule has 0 N–H and O–H groups in total. The van der Waals surface area contributed by atoms with Gasteiger partial charge in [0.05, 0.1) is 4.88 Å². The molecule has 5 heteroatoms. The molecule has 0 aliphatic rings. The number of ketones is 1. The topological polar surface area (TPSA) is 20.9 Å². The summed E-state index contributed by atoms with van der Waals surface area (Å²) < 4.78 is 2.91. The second-order valence-electron chi connectivity index (χ2n) is 3.57. The zero-order valence-electron chi connectivity index (χ0n) is 9.19. The molecule has 0 aliphatic carbocycles. The predicted octanol–water partition coefficient (Wildman–Crippen LogP) is -0.00658. The third-order valence-electron chi connectivity index (χ3n) is 2.21. The molecule has 2 rings (SSSR count). The van der Waals surface area contributed by atoms with Crippen molar-refractivity contribution in [3.05, 3.63) is 50.9 Å². The van der Waals surface area contributed by atoms with Gasteiger partial charge in [-0.1, -0.05) is 39.4 Å². The van der Waals surface area contributed by atoms with E-state index < -0.39 is 0 Å². The summed E-state index contributed by atoms with van der Waals surface area (Å²) in [5.41, 5.74) is 2.71. The molecular formula is C12H11Br2NOS. The summed E-state index contributed by atoms with van der Waals surface area (Å²) in [5, 5.41) is 0. The van der Waals surface area contributed by atoms with Crippen molar-refractivity contribution in [3.8, 4) is 0 Å². The van der Waals surface area contributed by atoms with Crippen LogP contribution in [0, 0.1) is 6.92 Å². The van der Waals surface area contributed by atoms with Gasteiger partial charge >= 0.3 is 0 Å². The van der Waals surface area contributed by atoms with Crippen LogP contribution in [-0.2, 0) is 6.54 Å². The maximum absolute atomic E-state index is 11.9. The number of hydrogen-bond acceptors (Lipinski definition) is 2. The Labute approximate surface area is 123 Å². The van der Waals surface area contributed by atoms with E-state index in [1.54, 1.807) is 11.3 Å². The van der Waals surface area contributed by atoms with E-state index in [9.17, 15) is 4.79 Å². The number of aromatic nitrogens is 1. The van der Waals surface area contributed by atoms with Crippen molar-refractivity contribution in [3.63, 3.8) is 0 Å². The summed E-state index contributed by atoms with van der Waals surface area (Å²) >= 11 is 5.00. The molecule has 90 valence electrons. The molecule has 0 saturated heterocycles. The van der Waals surface area contributed by atoms with Gasteiger partial charge in [0.1, 0.15) is 0 Å². The van der Waals surface area contributed by atoms with Crippen LogP contribution in [0.15, 0.2) is 40.4 Å². The lowest BCUT2D eigenvalue weighted by Gasteiger charge is -1.96. The summed E-state index contributed by atoms with van der Waals surface area (Å²) in [6.07, 6.45) is 1.99. The number of rotatable bonds is 3. The molecule has 1 aromatic heterocycles. The van der Waals surface area contributed by atoms with E-state index in [1.807, 2.05) is 47.5 Å². The fourth-order valence-corrected chi connectivity index (χ4v) is 2.32. The normalized spacial score (nSPS) is 9.76. The van der Waals surface area contributed by atoms with Crippen molar-refractivity contribution in [1.29, 1.82) is 0 Å². The Hall–Kier alpha value is -0.520. The van der Waals surface area contributed by atoms with Gasteiger partial charge < -0.3 is 17.0 Å². The molecule has 0 unspecified atom stereocenters. The molecule has 2 aromatic rings. The molecule has 0 saturated carbocycles. The third-order valence-corrected chi connectivity index (χ3v) is 3.60. The first kappa shape index (κ1) is 14.5. The largest absolute Gasteiger partial charge is 1.00 e. The number of carbonyl (C=O) groups excluding carboxylic acids is 1. The molecular weight excluding hydrogens is 366 g/mol. The van der Waals surface area contributed by atoms with E-state index in [4.69, 9.17) is 0 Å². The minimum Gasteiger partial charge on any atom is -1.00 e. The first-order valence-electron chi connectivity index (χ1n) is 4.88. The lowest BCUT2D eigenvalue weighted by atomic mass is 10.1. The number of benzene rings is 1. The van der Waals surface area contributed by atoms with E-state index >= 15 is 0 Å². The third kappa shape index (κ3) is 4.01. The van der Waals surface area contributed by atoms with Crippen molar-refractivity contribution < 1.29 is 26.3 Å². The first-order chi connectivity index (χ1) is 7.65. The van der Waals surface area contributed by atoms with E-state index in [-0.39, 0.29) is 22.8 Å². The lowest BCUT2D eigenvalue weighted by Crippen LogP contribution is -3.00. The number of carbonyl (C=O) groups is 1. The zero-order chi connectivity index (χ0) is 11.5. The molecule has 1 heterocycles. The number of halogens is 2. The summed E-state index contributed by atoms with van der Waals surface area (Å²) in [4.78, 5) is 13.1. The van der Waals surface area contributed by atoms with Crippen LogP contribution in [0.3, 0.4) is 0 Å². The highest BCUT2D eigenvalue weighted by Crippen LogP contribution is 2.11. The van der Waals surface area contributed by atoms with Gasteiger partial charge in [0.25, 0.3) is 0 Å². The van der Waals surface area contributed by atoms with Crippen LogP contribution in [0.5, 0.6) is 0 Å². The molecule has 0 fully saturated rings. The monoisotopic (exact) mass is 375 g/mol. The SMILES string of the molecule is Cc1c[n+](CC(=O)c2ccc(Br)cc2)cs1.[Br-]. The minimum atomic E-state index is 0. The molecule has 0 spiro atoms. The number of thiazole rings is 1. The number of hydrogen-bond donors (Lipinski definition) is 0. The van der Waals surface area contributed by atoms with Crippen LogP contribution in [0.25, 0.3) is 0 Å². The molecule has 0 aliphatic heterocycles. The maximum Gasteiger partial charge on any atom is 0.227 e. The van der Waals surface area contributed by atoms with Gasteiger partial charge in [-0.3, -0.25) is 4.79 Å². The number of aryl methyl sites for hydroxylation is 1. The molecule has 1 aromatic carbocycles. The van der Waals surface area contributed by atoms with Crippen LogP contribution >= 0.6 is 27.3 Å². The van der Waals surface area contributed by atoms with Crippen molar-refractivity contribution >= 4 is 33.0 Å². The Morgan fingerprint density at radius 3 is 2.53 bits per heavy atom. The van der Waals surface area contributed by atoms with Gasteiger partial charge in [0.2, 0.25) is 17.8 Å². The quantitative estimate of drug-likeness (QED) is 0.545. The standard InChI is InChI=1S/C12H11BrNOS.BrH/c1-9-6-14(8-16-9)7-12(15)10-2-4-11(13)5-3-10;/h2-6,8H,7H2,1H3;1H/q+1;/p-1. The Morgan fingerprint density at radius 1 is 1.35 bits per heavy atom. The molecule has 0 bridgehead atoms. The fourth-order valence-electron chi connectivity index (χ4n) is 1.42. The van der Waals surface area contributed by atoms with E-state index in [0.29, 0.717) is 6.54 Å². The molecule has 0 amide bonds. The van der Waals surface area contributed by atoms with E-state index in [2.05, 4.69) is 15.9 Å². The van der Waals surface area contributed by atoms with Crippen molar-refractivity contribution in [2.45, 2.75) is 13.5 Å². The maximum atomic E-state index is 11.9. The van der Waals surface area contributed by atoms with Gasteiger partial charge in [-0.15, -0.1) is 0 Å². The summed E-state index contributed by atoms with van der Waals surface area (Å²) in [6.45, 7) is 2.44. The number of Topliss-reactive ketones (excluding diaryl/α,β-unsaturated/α-hetero) is 1. The Morgan fingerprint density at radius 2 is 2.00 bits per heavy atom. The van der Waals surface area contributed by atoms with E-state index in [0.717, 1.165) is 10.0 Å². The van der Waals surface area contributed by atoms with Crippen LogP contribution in [0.1, 0.15) is 15.2 Å². The zero-order valence-corrected chi connectivity index (χ0v) is 13.2. The van der Waals surface area contributed by atoms with Gasteiger partial charge in [-0.2, -0.15) is 4.57 Å². The molecule has 17 heavy (non-hydrogen) atoms. The molecule has 2 nitrogen and oxygen atoms in total. The highest BCUT2D eigenvalue weighted by molar-refractivity contribution is 9.10. The smallest absolute Gasteiger partial charge is 0.227 e. The van der Waals surface area contributed by atoms with Gasteiger partial charge in [-0.25, -0.2) is 0 Å². The van der Waals surface area contributed by atoms with Gasteiger partial charge in [0.15, 0.2) is 6.20 Å². The molecule has 0 atom stereocenters. The fraction of sp³-hybridized carbons (Fsp3) is 0.167. The molecule has 0 radical (unpaired) electrons. The highest BCUT2D eigenvalue weighted by atomic mass is 79.9. The van der Waals surface area contributed by atoms with Crippen LogP contribution in [0.2, 0.25) is 0 Å². The van der Waals surface area contributed by atoms with Crippen molar-refractivity contribution in [2.24, 2.45) is 0 Å². The van der Waals surface area contributed by atoms with Crippen molar-refractivity contribution in [2.75, 3.05) is 0 Å². The van der Waals surface area contributed by atoms with Gasteiger partial charge in [-0.05, 0) is 19.1 Å². The lowest BCUT2D eigenvalue weighted by molar-refractivity contribution is -0.678. The highest BCUT2D eigenvalue weighted by Gasteiger charge is 2.12. The summed E-state index contributed by atoms with van der Waals surface area (Å²) in [7, 11) is 0. The minimum absolute atomic E-state index is 0. The Kier molecular flexibility index (Phi) is 5.49. The first-order valence-corrected chi connectivity index (χ1v) is 6.55.